The molecule has 1 aliphatic rings. The van der Waals surface area contributed by atoms with Crippen LogP contribution in [0.4, 0.5) is 11.4 Å². The summed E-state index contributed by atoms with van der Waals surface area (Å²) >= 11 is 0. The zero-order valence-electron chi connectivity index (χ0n) is 13.9. The van der Waals surface area contributed by atoms with E-state index in [1.807, 2.05) is 0 Å². The van der Waals surface area contributed by atoms with Gasteiger partial charge in [-0.25, -0.2) is 4.90 Å². The van der Waals surface area contributed by atoms with E-state index in [1.165, 1.54) is 6.26 Å². The Balaban J connectivity index is 1.54. The number of carbonyl (C=O) groups excluding carboxylic acids is 3. The number of aryl methyl sites for hydroxylation is 1. The van der Waals surface area contributed by atoms with Gasteiger partial charge < -0.3 is 9.73 Å². The van der Waals surface area contributed by atoms with E-state index >= 15 is 0 Å². The maximum atomic E-state index is 12.5. The smallest absolute Gasteiger partial charge is 0.266 e. The summed E-state index contributed by atoms with van der Waals surface area (Å²) in [5, 5.41) is 2.74. The van der Waals surface area contributed by atoms with Crippen molar-refractivity contribution in [1.29, 1.82) is 0 Å². The predicted octanol–water partition coefficient (Wildman–Crippen LogP) is 3.64. The fraction of sp³-hybridized carbons (Fsp3) is 0.0500. The highest BCUT2D eigenvalue weighted by atomic mass is 16.3. The summed E-state index contributed by atoms with van der Waals surface area (Å²) in [5.41, 5.74) is 2.21. The molecule has 6 heteroatoms. The molecular formula is C20H14N2O4. The van der Waals surface area contributed by atoms with Crippen LogP contribution in [0, 0.1) is 6.92 Å². The summed E-state index contributed by atoms with van der Waals surface area (Å²) in [6, 6.07) is 14.9. The average molecular weight is 346 g/mol. The van der Waals surface area contributed by atoms with E-state index in [1.54, 1.807) is 61.5 Å². The van der Waals surface area contributed by atoms with E-state index in [4.69, 9.17) is 4.42 Å². The van der Waals surface area contributed by atoms with Gasteiger partial charge in [-0.05, 0) is 49.4 Å². The predicted molar refractivity (Wildman–Crippen MR) is 95.4 cm³/mol. The van der Waals surface area contributed by atoms with Crippen LogP contribution in [0.2, 0.25) is 0 Å². The molecule has 2 heterocycles. The third-order valence-corrected chi connectivity index (χ3v) is 4.17. The van der Waals surface area contributed by atoms with Gasteiger partial charge in [0.05, 0.1) is 22.4 Å². The molecule has 0 saturated carbocycles. The van der Waals surface area contributed by atoms with E-state index in [-0.39, 0.29) is 17.7 Å². The average Bonchev–Trinajstić information content (AvgIpc) is 3.19. The van der Waals surface area contributed by atoms with Gasteiger partial charge in [0, 0.05) is 5.69 Å². The number of nitrogens with one attached hydrogen (secondary N) is 1. The van der Waals surface area contributed by atoms with Gasteiger partial charge >= 0.3 is 0 Å². The molecule has 0 radical (unpaired) electrons. The highest BCUT2D eigenvalue weighted by molar-refractivity contribution is 6.34. The number of amides is 3. The fourth-order valence-corrected chi connectivity index (χ4v) is 2.88. The molecular weight excluding hydrogens is 332 g/mol. The second-order valence-electron chi connectivity index (χ2n) is 5.94. The number of furan rings is 1. The number of imide groups is 1. The van der Waals surface area contributed by atoms with Gasteiger partial charge in [0.1, 0.15) is 12.0 Å². The van der Waals surface area contributed by atoms with Crippen molar-refractivity contribution in [2.75, 3.05) is 10.2 Å². The van der Waals surface area contributed by atoms with Crippen molar-refractivity contribution in [3.05, 3.63) is 83.3 Å². The van der Waals surface area contributed by atoms with Gasteiger partial charge in [0.2, 0.25) is 0 Å². The number of hydrogen-bond acceptors (Lipinski definition) is 4. The summed E-state index contributed by atoms with van der Waals surface area (Å²) in [5.74, 6) is -0.348. The molecule has 6 nitrogen and oxygen atoms in total. The van der Waals surface area contributed by atoms with Crippen LogP contribution in [-0.2, 0) is 0 Å². The van der Waals surface area contributed by atoms with Crippen molar-refractivity contribution in [1.82, 2.24) is 0 Å². The Morgan fingerprint density at radius 3 is 2.12 bits per heavy atom. The molecule has 1 N–H and O–H groups in total. The topological polar surface area (TPSA) is 79.6 Å². The Kier molecular flexibility index (Phi) is 3.65. The third kappa shape index (κ3) is 2.57. The van der Waals surface area contributed by atoms with Crippen molar-refractivity contribution < 1.29 is 18.8 Å². The van der Waals surface area contributed by atoms with Crippen LogP contribution in [0.15, 0.2) is 65.3 Å². The van der Waals surface area contributed by atoms with Crippen molar-refractivity contribution in [3.8, 4) is 0 Å². The van der Waals surface area contributed by atoms with E-state index in [0.717, 1.165) is 4.90 Å². The lowest BCUT2D eigenvalue weighted by atomic mass is 10.1. The van der Waals surface area contributed by atoms with Crippen LogP contribution < -0.4 is 10.2 Å². The summed E-state index contributed by atoms with van der Waals surface area (Å²) in [6.45, 7) is 1.76. The standard InChI is InChI=1S/C20H14N2O4/c1-12-10-13(11-26-12)18(23)21-14-6-8-15(9-7-14)22-19(24)16-4-2-3-5-17(16)20(22)25/h2-11H,1H3,(H,21,23). The highest BCUT2D eigenvalue weighted by Gasteiger charge is 2.36. The number of carbonyl (C=O) groups is 3. The molecule has 0 atom stereocenters. The molecule has 4 rings (SSSR count). The number of hydrogen-bond donors (Lipinski definition) is 1. The van der Waals surface area contributed by atoms with Crippen LogP contribution in [-0.4, -0.2) is 17.7 Å². The molecule has 0 aliphatic carbocycles. The minimum Gasteiger partial charge on any atom is -0.469 e. The molecule has 3 aromatic rings. The largest absolute Gasteiger partial charge is 0.469 e. The Hall–Kier alpha value is -3.67. The first-order valence-electron chi connectivity index (χ1n) is 7.99. The molecule has 3 amide bonds. The van der Waals surface area contributed by atoms with Crippen molar-refractivity contribution in [2.45, 2.75) is 6.92 Å². The molecule has 0 fully saturated rings. The molecule has 0 bridgehead atoms. The van der Waals surface area contributed by atoms with E-state index in [9.17, 15) is 14.4 Å². The maximum absolute atomic E-state index is 12.5. The SMILES string of the molecule is Cc1cc(C(=O)Nc2ccc(N3C(=O)c4ccccc4C3=O)cc2)co1. The number of nitrogens with zero attached hydrogens (tertiary/aromatic N) is 1. The van der Waals surface area contributed by atoms with Crippen LogP contribution >= 0.6 is 0 Å². The van der Waals surface area contributed by atoms with E-state index in [2.05, 4.69) is 5.32 Å². The number of benzene rings is 2. The number of anilines is 2. The van der Waals surface area contributed by atoms with Crippen molar-refractivity contribution >= 4 is 29.1 Å². The van der Waals surface area contributed by atoms with Crippen LogP contribution in [0.1, 0.15) is 36.8 Å². The van der Waals surface area contributed by atoms with Gasteiger partial charge in [-0.3, -0.25) is 14.4 Å². The number of rotatable bonds is 3. The zero-order valence-corrected chi connectivity index (χ0v) is 13.9. The number of fused-ring (bicyclic) bond motifs is 1. The fourth-order valence-electron chi connectivity index (χ4n) is 2.88. The lowest BCUT2D eigenvalue weighted by molar-refractivity contribution is 0.0924. The maximum Gasteiger partial charge on any atom is 0.266 e. The Morgan fingerprint density at radius 1 is 0.962 bits per heavy atom. The van der Waals surface area contributed by atoms with Gasteiger partial charge in [0.25, 0.3) is 17.7 Å². The first-order chi connectivity index (χ1) is 12.5. The molecule has 1 aromatic heterocycles. The molecule has 0 unspecified atom stereocenters. The summed E-state index contributed by atoms with van der Waals surface area (Å²) in [7, 11) is 0. The van der Waals surface area contributed by atoms with Crippen LogP contribution in [0.3, 0.4) is 0 Å². The van der Waals surface area contributed by atoms with Gasteiger partial charge in [-0.2, -0.15) is 0 Å². The molecule has 0 saturated heterocycles. The second kappa shape index (κ2) is 6.00. The minimum atomic E-state index is -0.351. The van der Waals surface area contributed by atoms with Crippen molar-refractivity contribution in [2.24, 2.45) is 0 Å². The van der Waals surface area contributed by atoms with Crippen LogP contribution in [0.5, 0.6) is 0 Å². The van der Waals surface area contributed by atoms with E-state index < -0.39 is 0 Å². The monoisotopic (exact) mass is 346 g/mol. The second-order valence-corrected chi connectivity index (χ2v) is 5.94. The van der Waals surface area contributed by atoms with E-state index in [0.29, 0.717) is 33.8 Å². The van der Waals surface area contributed by atoms with Gasteiger partial charge in [-0.15, -0.1) is 0 Å². The zero-order chi connectivity index (χ0) is 18.3. The molecule has 0 spiro atoms. The molecule has 128 valence electrons. The lowest BCUT2D eigenvalue weighted by Gasteiger charge is -2.14. The first-order valence-corrected chi connectivity index (χ1v) is 7.99. The Morgan fingerprint density at radius 2 is 1.58 bits per heavy atom. The quantitative estimate of drug-likeness (QED) is 0.734. The van der Waals surface area contributed by atoms with Crippen LogP contribution in [0.25, 0.3) is 0 Å². The summed E-state index contributed by atoms with van der Waals surface area (Å²) in [4.78, 5) is 38.2. The summed E-state index contributed by atoms with van der Waals surface area (Å²) < 4.78 is 5.12. The summed E-state index contributed by atoms with van der Waals surface area (Å²) in [6.07, 6.45) is 1.39. The Bertz CT molecular complexity index is 999. The molecule has 2 aromatic carbocycles. The lowest BCUT2D eigenvalue weighted by Crippen LogP contribution is -2.29. The molecule has 1 aliphatic heterocycles. The van der Waals surface area contributed by atoms with Gasteiger partial charge in [0.15, 0.2) is 0 Å². The van der Waals surface area contributed by atoms with Gasteiger partial charge in [-0.1, -0.05) is 12.1 Å². The normalized spacial score (nSPS) is 13.0. The van der Waals surface area contributed by atoms with Crippen molar-refractivity contribution in [3.63, 3.8) is 0 Å². The highest BCUT2D eigenvalue weighted by Crippen LogP contribution is 2.29. The Labute approximate surface area is 149 Å². The molecule has 26 heavy (non-hydrogen) atoms. The third-order valence-electron chi connectivity index (χ3n) is 4.17. The minimum absolute atomic E-state index is 0.296. The first kappa shape index (κ1) is 15.8.